The molecule has 0 atom stereocenters. The normalized spacial score (nSPS) is 14.8. The van der Waals surface area contributed by atoms with E-state index in [0.717, 1.165) is 12.8 Å². The summed E-state index contributed by atoms with van der Waals surface area (Å²) in [6.45, 7) is 1.15. The fourth-order valence-electron chi connectivity index (χ4n) is 2.89. The summed E-state index contributed by atoms with van der Waals surface area (Å²) >= 11 is 0. The number of rotatable bonds is 4. The van der Waals surface area contributed by atoms with E-state index in [0.29, 0.717) is 30.1 Å². The van der Waals surface area contributed by atoms with Crippen LogP contribution in [0, 0.1) is 0 Å². The molecule has 1 amide bonds. The number of hydrogen-bond acceptors (Lipinski definition) is 5. The summed E-state index contributed by atoms with van der Waals surface area (Å²) in [4.78, 5) is 30.5. The van der Waals surface area contributed by atoms with Gasteiger partial charge in [-0.1, -0.05) is 18.2 Å². The highest BCUT2D eigenvalue weighted by Gasteiger charge is 2.27. The predicted molar refractivity (Wildman–Crippen MR) is 91.6 cm³/mol. The van der Waals surface area contributed by atoms with Crippen LogP contribution in [-0.4, -0.2) is 48.1 Å². The molecular weight excluding hydrogens is 320 g/mol. The highest BCUT2D eigenvalue weighted by molar-refractivity contribution is 6.05. The summed E-state index contributed by atoms with van der Waals surface area (Å²) in [6, 6.07) is 12.3. The van der Waals surface area contributed by atoms with Gasteiger partial charge < -0.3 is 14.4 Å². The van der Waals surface area contributed by atoms with Gasteiger partial charge in [-0.05, 0) is 18.2 Å². The third kappa shape index (κ3) is 3.96. The topological polar surface area (TPSA) is 68.7 Å². The number of carbonyl (C=O) groups excluding carboxylic acids is 2. The molecular formula is C19H20N2O4. The first kappa shape index (κ1) is 17.0. The number of hydrogen-bond donors (Lipinski definition) is 0. The third-order valence-corrected chi connectivity index (χ3v) is 4.22. The highest BCUT2D eigenvalue weighted by Crippen LogP contribution is 2.20. The average Bonchev–Trinajstić information content (AvgIpc) is 2.68. The Balaban J connectivity index is 1.63. The summed E-state index contributed by atoms with van der Waals surface area (Å²) in [5.41, 5.74) is 0.667. The molecule has 0 unspecified atom stereocenters. The van der Waals surface area contributed by atoms with Crippen LogP contribution in [0.25, 0.3) is 0 Å². The first-order chi connectivity index (χ1) is 12.2. The molecule has 3 rings (SSSR count). The molecule has 0 bridgehead atoms. The average molecular weight is 340 g/mol. The lowest BCUT2D eigenvalue weighted by atomic mass is 10.0. The van der Waals surface area contributed by atoms with Crippen LogP contribution < -0.4 is 4.74 Å². The van der Waals surface area contributed by atoms with Gasteiger partial charge in [-0.3, -0.25) is 4.79 Å². The number of esters is 1. The van der Waals surface area contributed by atoms with Gasteiger partial charge in [-0.2, -0.15) is 0 Å². The van der Waals surface area contributed by atoms with E-state index in [1.807, 2.05) is 18.2 Å². The summed E-state index contributed by atoms with van der Waals surface area (Å²) in [5.74, 6) is -0.0575. The number of aromatic nitrogens is 1. The Labute approximate surface area is 146 Å². The standard InChI is InChI=1S/C19H20N2O4/c1-24-19(23)16-7-3-2-6-15(16)18(22)21-12-9-14(10-13-21)25-17-8-4-5-11-20-17/h2-8,11,14H,9-10,12-13H2,1H3. The molecule has 1 aliphatic rings. The molecule has 0 saturated carbocycles. The van der Waals surface area contributed by atoms with Crippen molar-refractivity contribution in [3.8, 4) is 5.88 Å². The minimum atomic E-state index is -0.502. The van der Waals surface area contributed by atoms with E-state index in [9.17, 15) is 9.59 Å². The van der Waals surface area contributed by atoms with Crippen molar-refractivity contribution in [2.45, 2.75) is 18.9 Å². The van der Waals surface area contributed by atoms with Gasteiger partial charge in [0.25, 0.3) is 5.91 Å². The van der Waals surface area contributed by atoms with E-state index in [2.05, 4.69) is 4.98 Å². The van der Waals surface area contributed by atoms with Crippen LogP contribution in [0.5, 0.6) is 5.88 Å². The lowest BCUT2D eigenvalue weighted by Crippen LogP contribution is -2.42. The summed E-state index contributed by atoms with van der Waals surface area (Å²) in [7, 11) is 1.31. The molecule has 1 aromatic carbocycles. The van der Waals surface area contributed by atoms with Crippen LogP contribution in [0.2, 0.25) is 0 Å². The van der Waals surface area contributed by atoms with Gasteiger partial charge in [0, 0.05) is 38.2 Å². The maximum atomic E-state index is 12.8. The Morgan fingerprint density at radius 1 is 1.04 bits per heavy atom. The largest absolute Gasteiger partial charge is 0.474 e. The van der Waals surface area contributed by atoms with E-state index >= 15 is 0 Å². The molecule has 1 saturated heterocycles. The smallest absolute Gasteiger partial charge is 0.338 e. The van der Waals surface area contributed by atoms with Crippen LogP contribution in [0.3, 0.4) is 0 Å². The lowest BCUT2D eigenvalue weighted by molar-refractivity contribution is 0.0552. The van der Waals surface area contributed by atoms with Gasteiger partial charge in [0.05, 0.1) is 18.2 Å². The Hall–Kier alpha value is -2.89. The quantitative estimate of drug-likeness (QED) is 0.800. The molecule has 1 aliphatic heterocycles. The number of carbonyl (C=O) groups is 2. The first-order valence-corrected chi connectivity index (χ1v) is 8.23. The van der Waals surface area contributed by atoms with E-state index in [-0.39, 0.29) is 12.0 Å². The molecule has 1 fully saturated rings. The van der Waals surface area contributed by atoms with Crippen LogP contribution >= 0.6 is 0 Å². The maximum Gasteiger partial charge on any atom is 0.338 e. The van der Waals surface area contributed by atoms with Crippen LogP contribution in [0.15, 0.2) is 48.7 Å². The second-order valence-corrected chi connectivity index (χ2v) is 5.81. The van der Waals surface area contributed by atoms with Crippen molar-refractivity contribution in [2.75, 3.05) is 20.2 Å². The SMILES string of the molecule is COC(=O)c1ccccc1C(=O)N1CCC(Oc2ccccn2)CC1. The molecule has 0 spiro atoms. The number of ether oxygens (including phenoxy) is 2. The van der Waals surface area contributed by atoms with E-state index in [1.54, 1.807) is 35.4 Å². The lowest BCUT2D eigenvalue weighted by Gasteiger charge is -2.32. The monoisotopic (exact) mass is 340 g/mol. The second kappa shape index (κ2) is 7.79. The molecule has 1 aromatic heterocycles. The van der Waals surface area contributed by atoms with Crippen molar-refractivity contribution >= 4 is 11.9 Å². The molecule has 130 valence electrons. The maximum absolute atomic E-state index is 12.8. The minimum Gasteiger partial charge on any atom is -0.474 e. The molecule has 6 nitrogen and oxygen atoms in total. The first-order valence-electron chi connectivity index (χ1n) is 8.23. The number of likely N-dealkylation sites (tertiary alicyclic amines) is 1. The van der Waals surface area contributed by atoms with E-state index in [1.165, 1.54) is 7.11 Å². The number of amides is 1. The zero-order valence-corrected chi connectivity index (χ0v) is 14.1. The van der Waals surface area contributed by atoms with Gasteiger partial charge >= 0.3 is 5.97 Å². The van der Waals surface area contributed by atoms with E-state index in [4.69, 9.17) is 9.47 Å². The third-order valence-electron chi connectivity index (χ3n) is 4.22. The Bertz CT molecular complexity index is 740. The number of piperidine rings is 1. The Morgan fingerprint density at radius 2 is 1.72 bits per heavy atom. The zero-order chi connectivity index (χ0) is 17.6. The number of benzene rings is 1. The van der Waals surface area contributed by atoms with Crippen molar-refractivity contribution in [1.29, 1.82) is 0 Å². The van der Waals surface area contributed by atoms with E-state index < -0.39 is 5.97 Å². The highest BCUT2D eigenvalue weighted by atomic mass is 16.5. The minimum absolute atomic E-state index is 0.0369. The molecule has 25 heavy (non-hydrogen) atoms. The second-order valence-electron chi connectivity index (χ2n) is 5.81. The van der Waals surface area contributed by atoms with Gasteiger partial charge in [0.1, 0.15) is 6.10 Å². The predicted octanol–water partition coefficient (Wildman–Crippen LogP) is 2.55. The molecule has 2 heterocycles. The van der Waals surface area contributed by atoms with Gasteiger partial charge in [0.15, 0.2) is 0 Å². The summed E-state index contributed by atoms with van der Waals surface area (Å²) in [5, 5.41) is 0. The number of methoxy groups -OCH3 is 1. The zero-order valence-electron chi connectivity index (χ0n) is 14.1. The molecule has 0 N–H and O–H groups in total. The van der Waals surface area contributed by atoms with Crippen LogP contribution in [0.4, 0.5) is 0 Å². The Morgan fingerprint density at radius 3 is 2.36 bits per heavy atom. The molecule has 0 aliphatic carbocycles. The molecule has 2 aromatic rings. The fraction of sp³-hybridized carbons (Fsp3) is 0.316. The summed E-state index contributed by atoms with van der Waals surface area (Å²) < 4.78 is 10.6. The van der Waals surface area contributed by atoms with Crippen molar-refractivity contribution in [1.82, 2.24) is 9.88 Å². The van der Waals surface area contributed by atoms with Gasteiger partial charge in [0.2, 0.25) is 5.88 Å². The number of pyridine rings is 1. The Kier molecular flexibility index (Phi) is 5.28. The van der Waals surface area contributed by atoms with Gasteiger partial charge in [-0.25, -0.2) is 9.78 Å². The molecule has 6 heteroatoms. The fourth-order valence-corrected chi connectivity index (χ4v) is 2.89. The van der Waals surface area contributed by atoms with Crippen molar-refractivity contribution in [3.63, 3.8) is 0 Å². The van der Waals surface area contributed by atoms with Crippen molar-refractivity contribution < 1.29 is 19.1 Å². The van der Waals surface area contributed by atoms with Crippen LogP contribution in [0.1, 0.15) is 33.6 Å². The van der Waals surface area contributed by atoms with Crippen molar-refractivity contribution in [2.24, 2.45) is 0 Å². The van der Waals surface area contributed by atoms with Crippen LogP contribution in [-0.2, 0) is 4.74 Å². The summed E-state index contributed by atoms with van der Waals surface area (Å²) in [6.07, 6.45) is 3.18. The molecule has 0 radical (unpaired) electrons. The van der Waals surface area contributed by atoms with Crippen molar-refractivity contribution in [3.05, 3.63) is 59.8 Å². The van der Waals surface area contributed by atoms with Gasteiger partial charge in [-0.15, -0.1) is 0 Å². The number of nitrogens with zero attached hydrogens (tertiary/aromatic N) is 2.